The average Bonchev–Trinajstić information content (AvgIpc) is 3.55. The number of H-pyrrole nitrogens is 1. The van der Waals surface area contributed by atoms with Crippen molar-refractivity contribution in [3.05, 3.63) is 39.9 Å². The first-order valence-electron chi connectivity index (χ1n) is 12.2. The molecule has 0 bridgehead atoms. The van der Waals surface area contributed by atoms with Crippen LogP contribution in [-0.2, 0) is 22.6 Å². The van der Waals surface area contributed by atoms with Gasteiger partial charge in [0.1, 0.15) is 13.2 Å². The number of rotatable bonds is 10. The lowest BCUT2D eigenvalue weighted by molar-refractivity contribution is 0.0484. The van der Waals surface area contributed by atoms with Gasteiger partial charge in [0.15, 0.2) is 17.3 Å². The number of pyridine rings is 1. The Hall–Kier alpha value is -3.02. The molecule has 1 aromatic carbocycles. The van der Waals surface area contributed by atoms with Crippen molar-refractivity contribution in [2.75, 3.05) is 40.1 Å². The predicted octanol–water partition coefficient (Wildman–Crippen LogP) is 2.06. The summed E-state index contributed by atoms with van der Waals surface area (Å²) >= 11 is 0. The third-order valence-electron chi connectivity index (χ3n) is 6.61. The molecule has 35 heavy (non-hydrogen) atoms. The Labute approximate surface area is 203 Å². The number of hydrogen-bond acceptors (Lipinski definition) is 9. The van der Waals surface area contributed by atoms with Crippen LogP contribution in [0.1, 0.15) is 43.6 Å². The molecule has 2 atom stereocenters. The average molecular weight is 485 g/mol. The third-order valence-corrected chi connectivity index (χ3v) is 6.61. The van der Waals surface area contributed by atoms with Crippen LogP contribution in [0.15, 0.2) is 23.0 Å². The molecule has 4 heterocycles. The number of aromatic amines is 1. The van der Waals surface area contributed by atoms with Gasteiger partial charge in [0, 0.05) is 43.8 Å². The summed E-state index contributed by atoms with van der Waals surface area (Å²) in [6.07, 6.45) is 2.94. The fraction of sp³-hybridized carbons (Fsp3) is 0.583. The van der Waals surface area contributed by atoms with Gasteiger partial charge in [-0.2, -0.15) is 0 Å². The molecule has 1 fully saturated rings. The van der Waals surface area contributed by atoms with E-state index in [0.29, 0.717) is 56.5 Å². The molecule has 0 spiro atoms. The van der Waals surface area contributed by atoms with Crippen molar-refractivity contribution in [1.29, 1.82) is 0 Å². The minimum atomic E-state index is -0.125. The minimum absolute atomic E-state index is 0.0820. The molecule has 0 aliphatic carbocycles. The third kappa shape index (κ3) is 5.16. The summed E-state index contributed by atoms with van der Waals surface area (Å²) in [6.45, 7) is 6.10. The van der Waals surface area contributed by atoms with Crippen molar-refractivity contribution in [2.24, 2.45) is 0 Å². The first-order valence-corrected chi connectivity index (χ1v) is 12.2. The number of benzene rings is 1. The lowest BCUT2D eigenvalue weighted by Gasteiger charge is -2.32. The van der Waals surface area contributed by atoms with Gasteiger partial charge in [-0.15, -0.1) is 5.10 Å². The minimum Gasteiger partial charge on any atom is -0.486 e. The van der Waals surface area contributed by atoms with Crippen molar-refractivity contribution in [3.8, 4) is 11.5 Å². The summed E-state index contributed by atoms with van der Waals surface area (Å²) in [4.78, 5) is 18.4. The molecule has 2 aromatic heterocycles. The van der Waals surface area contributed by atoms with E-state index in [4.69, 9.17) is 18.9 Å². The van der Waals surface area contributed by atoms with Gasteiger partial charge in [0.2, 0.25) is 0 Å². The van der Waals surface area contributed by atoms with E-state index in [-0.39, 0.29) is 17.7 Å². The van der Waals surface area contributed by atoms with Gasteiger partial charge in [-0.25, -0.2) is 4.68 Å². The highest BCUT2D eigenvalue weighted by molar-refractivity contribution is 5.83. The molecule has 11 nitrogen and oxygen atoms in total. The van der Waals surface area contributed by atoms with E-state index < -0.39 is 0 Å². The topological polar surface area (TPSA) is 117 Å². The normalized spacial score (nSPS) is 18.4. The highest BCUT2D eigenvalue weighted by Crippen LogP contribution is 2.34. The molecular formula is C24H32N6O5. The summed E-state index contributed by atoms with van der Waals surface area (Å²) in [5.41, 5.74) is 1.27. The number of tetrazole rings is 1. The zero-order valence-corrected chi connectivity index (χ0v) is 20.2. The van der Waals surface area contributed by atoms with Gasteiger partial charge < -0.3 is 23.9 Å². The van der Waals surface area contributed by atoms with Gasteiger partial charge in [-0.1, -0.05) is 6.92 Å². The van der Waals surface area contributed by atoms with Crippen molar-refractivity contribution in [3.63, 3.8) is 0 Å². The maximum absolute atomic E-state index is 13.1. The second-order valence-corrected chi connectivity index (χ2v) is 8.95. The molecule has 0 saturated carbocycles. The van der Waals surface area contributed by atoms with Crippen LogP contribution in [0.2, 0.25) is 0 Å². The molecule has 0 radical (unpaired) electrons. The van der Waals surface area contributed by atoms with Gasteiger partial charge in [0.05, 0.1) is 30.8 Å². The van der Waals surface area contributed by atoms with Crippen molar-refractivity contribution in [2.45, 2.75) is 51.4 Å². The molecule has 0 unspecified atom stereocenters. The van der Waals surface area contributed by atoms with Crippen LogP contribution in [0.3, 0.4) is 0 Å². The van der Waals surface area contributed by atoms with Crippen LogP contribution >= 0.6 is 0 Å². The lowest BCUT2D eigenvalue weighted by atomic mass is 10.1. The maximum atomic E-state index is 13.1. The number of fused-ring (bicyclic) bond motifs is 2. The molecule has 11 heteroatoms. The van der Waals surface area contributed by atoms with Gasteiger partial charge in [0.25, 0.3) is 5.56 Å². The standard InChI is InChI=1S/C24H32N6O5/c1-3-20(23-26-27-28-30(23)6-8-32-2)29(15-18-5-4-7-33-18)14-17-11-16-12-21-22(35-10-9-34-21)13-19(16)25-24(17)31/h11-13,18,20H,3-10,14-15H2,1-2H3,(H,25,31)/t18-,20+/m0/s1. The number of nitrogens with zero attached hydrogens (tertiary/aromatic N) is 5. The molecule has 188 valence electrons. The second kappa shape index (κ2) is 10.7. The number of hydrogen-bond donors (Lipinski definition) is 1. The Balaban J connectivity index is 1.47. The van der Waals surface area contributed by atoms with Crippen LogP contribution in [0.4, 0.5) is 0 Å². The first-order chi connectivity index (χ1) is 17.2. The molecule has 1 N–H and O–H groups in total. The van der Waals surface area contributed by atoms with Crippen LogP contribution in [0.5, 0.6) is 11.5 Å². The van der Waals surface area contributed by atoms with Crippen LogP contribution < -0.4 is 15.0 Å². The van der Waals surface area contributed by atoms with E-state index in [1.165, 1.54) is 0 Å². The SMILES string of the molecule is CC[C@H](c1nnnn1CCOC)N(Cc1cc2cc3c(cc2[nH]c1=O)OCCO3)C[C@@H]1CCCO1. The van der Waals surface area contributed by atoms with Gasteiger partial charge in [-0.05, 0) is 41.8 Å². The first kappa shape index (κ1) is 23.7. The summed E-state index contributed by atoms with van der Waals surface area (Å²) in [6, 6.07) is 5.62. The number of aromatic nitrogens is 5. The summed E-state index contributed by atoms with van der Waals surface area (Å²) < 4.78 is 24.4. The highest BCUT2D eigenvalue weighted by Gasteiger charge is 2.29. The fourth-order valence-electron chi connectivity index (χ4n) is 4.87. The van der Waals surface area contributed by atoms with Crippen molar-refractivity contribution in [1.82, 2.24) is 30.1 Å². The summed E-state index contributed by atoms with van der Waals surface area (Å²) in [7, 11) is 1.66. The van der Waals surface area contributed by atoms with Crippen LogP contribution in [0, 0.1) is 0 Å². The summed E-state index contributed by atoms with van der Waals surface area (Å²) in [5.74, 6) is 2.11. The van der Waals surface area contributed by atoms with Crippen LogP contribution in [-0.4, -0.2) is 76.3 Å². The van der Waals surface area contributed by atoms with Gasteiger partial charge in [-0.3, -0.25) is 9.69 Å². The highest BCUT2D eigenvalue weighted by atomic mass is 16.6. The quantitative estimate of drug-likeness (QED) is 0.461. The Kier molecular flexibility index (Phi) is 7.26. The molecule has 3 aromatic rings. The van der Waals surface area contributed by atoms with E-state index in [0.717, 1.165) is 42.6 Å². The molecule has 1 saturated heterocycles. The number of ether oxygens (including phenoxy) is 4. The van der Waals surface area contributed by atoms with E-state index in [9.17, 15) is 4.79 Å². The van der Waals surface area contributed by atoms with E-state index in [2.05, 4.69) is 32.3 Å². The molecule has 2 aliphatic rings. The van der Waals surface area contributed by atoms with Crippen molar-refractivity contribution >= 4 is 10.9 Å². The molecular weight excluding hydrogens is 452 g/mol. The fourth-order valence-corrected chi connectivity index (χ4v) is 4.87. The monoisotopic (exact) mass is 484 g/mol. The summed E-state index contributed by atoms with van der Waals surface area (Å²) in [5, 5.41) is 13.3. The Bertz CT molecular complexity index is 1200. The zero-order valence-electron chi connectivity index (χ0n) is 20.2. The van der Waals surface area contributed by atoms with E-state index in [1.807, 2.05) is 18.2 Å². The largest absolute Gasteiger partial charge is 0.486 e. The Morgan fingerprint density at radius 1 is 1.23 bits per heavy atom. The van der Waals surface area contributed by atoms with Crippen molar-refractivity contribution < 1.29 is 18.9 Å². The molecule has 2 aliphatic heterocycles. The number of methoxy groups -OCH3 is 1. The molecule has 5 rings (SSSR count). The smallest absolute Gasteiger partial charge is 0.252 e. The lowest BCUT2D eigenvalue weighted by Crippen LogP contribution is -2.38. The number of nitrogens with one attached hydrogen (secondary N) is 1. The van der Waals surface area contributed by atoms with Crippen LogP contribution in [0.25, 0.3) is 10.9 Å². The second-order valence-electron chi connectivity index (χ2n) is 8.95. The Morgan fingerprint density at radius 2 is 2.06 bits per heavy atom. The van der Waals surface area contributed by atoms with Gasteiger partial charge >= 0.3 is 0 Å². The zero-order chi connectivity index (χ0) is 24.2. The maximum Gasteiger partial charge on any atom is 0.252 e. The van der Waals surface area contributed by atoms with E-state index >= 15 is 0 Å². The predicted molar refractivity (Wildman–Crippen MR) is 128 cm³/mol. The Morgan fingerprint density at radius 3 is 2.80 bits per heavy atom. The van der Waals surface area contributed by atoms with E-state index in [1.54, 1.807) is 11.8 Å². The molecule has 0 amide bonds.